The number of nitrogens with one attached hydrogen (secondary N) is 2. The van der Waals surface area contributed by atoms with E-state index in [1.54, 1.807) is 13.3 Å². The van der Waals surface area contributed by atoms with Crippen LogP contribution < -0.4 is 10.1 Å². The lowest BCUT2D eigenvalue weighted by atomic mass is 10.1. The summed E-state index contributed by atoms with van der Waals surface area (Å²) in [6.07, 6.45) is 7.38. The molecule has 1 aromatic carbocycles. The van der Waals surface area contributed by atoms with Gasteiger partial charge >= 0.3 is 0 Å². The lowest BCUT2D eigenvalue weighted by Crippen LogP contribution is -2.13. The maximum absolute atomic E-state index is 5.32. The molecule has 8 heteroatoms. The number of pyridine rings is 1. The third-order valence-electron chi connectivity index (χ3n) is 4.60. The van der Waals surface area contributed by atoms with Crippen molar-refractivity contribution in [3.63, 3.8) is 0 Å². The van der Waals surface area contributed by atoms with E-state index in [-0.39, 0.29) is 12.4 Å². The molecule has 0 bridgehead atoms. The average Bonchev–Trinajstić information content (AvgIpc) is 3.37. The van der Waals surface area contributed by atoms with Crippen molar-refractivity contribution in [2.24, 2.45) is 0 Å². The van der Waals surface area contributed by atoms with Gasteiger partial charge in [0.1, 0.15) is 17.4 Å². The van der Waals surface area contributed by atoms with E-state index in [1.165, 1.54) is 0 Å². The number of benzene rings is 1. The molecule has 4 aromatic rings. The number of halogens is 1. The second-order valence-electron chi connectivity index (χ2n) is 6.47. The number of aromatic amines is 1. The highest BCUT2D eigenvalue weighted by Crippen LogP contribution is 2.25. The van der Waals surface area contributed by atoms with E-state index in [0.717, 1.165) is 46.3 Å². The Bertz CT molecular complexity index is 1070. The first-order valence-electron chi connectivity index (χ1n) is 9.07. The first kappa shape index (κ1) is 20.6. The minimum Gasteiger partial charge on any atom is -0.497 e. The van der Waals surface area contributed by atoms with Crippen molar-refractivity contribution in [2.75, 3.05) is 7.11 Å². The molecule has 7 nitrogen and oxygen atoms in total. The molecule has 29 heavy (non-hydrogen) atoms. The van der Waals surface area contributed by atoms with Gasteiger partial charge in [0.25, 0.3) is 0 Å². The normalized spacial score (nSPS) is 10.6. The van der Waals surface area contributed by atoms with E-state index < -0.39 is 0 Å². The number of methoxy groups -OCH3 is 1. The molecule has 0 saturated heterocycles. The minimum absolute atomic E-state index is 0. The maximum Gasteiger partial charge on any atom is 0.138 e. The van der Waals surface area contributed by atoms with Crippen LogP contribution >= 0.6 is 12.4 Å². The third kappa shape index (κ3) is 4.64. The van der Waals surface area contributed by atoms with E-state index in [9.17, 15) is 0 Å². The Morgan fingerprint density at radius 2 is 2.00 bits per heavy atom. The SMILES string of the molecule is COc1cccc(-c2[nH]ncc2CNCc2ccnc(-n3ccnc3C)c2)c1.Cl. The molecule has 150 valence electrons. The van der Waals surface area contributed by atoms with Gasteiger partial charge < -0.3 is 10.1 Å². The van der Waals surface area contributed by atoms with Crippen LogP contribution in [0.25, 0.3) is 17.1 Å². The van der Waals surface area contributed by atoms with Crippen molar-refractivity contribution in [3.05, 3.63) is 78.1 Å². The van der Waals surface area contributed by atoms with Crippen LogP contribution in [0, 0.1) is 6.92 Å². The Hall–Kier alpha value is -3.16. The third-order valence-corrected chi connectivity index (χ3v) is 4.60. The number of hydrogen-bond acceptors (Lipinski definition) is 5. The molecule has 4 rings (SSSR count). The Morgan fingerprint density at radius 3 is 2.79 bits per heavy atom. The van der Waals surface area contributed by atoms with Gasteiger partial charge in [0, 0.05) is 42.8 Å². The van der Waals surface area contributed by atoms with Gasteiger partial charge in [-0.05, 0) is 36.8 Å². The molecular formula is C21H23ClN6O. The standard InChI is InChI=1S/C21H22N6O.ClH/c1-15-23-8-9-27(15)20-10-16(6-7-24-20)12-22-13-18-14-25-26-21(18)17-4-3-5-19(11-17)28-2;/h3-11,14,22H,12-13H2,1-2H3,(H,25,26);1H. The summed E-state index contributed by atoms with van der Waals surface area (Å²) in [4.78, 5) is 8.70. The molecule has 0 amide bonds. The summed E-state index contributed by atoms with van der Waals surface area (Å²) in [7, 11) is 1.67. The molecule has 2 N–H and O–H groups in total. The van der Waals surface area contributed by atoms with Crippen LogP contribution in [0.15, 0.2) is 61.2 Å². The Kier molecular flexibility index (Phi) is 6.64. The van der Waals surface area contributed by atoms with Crippen LogP contribution in [0.3, 0.4) is 0 Å². The Balaban J connectivity index is 0.00000240. The molecule has 3 heterocycles. The number of imidazole rings is 1. The molecule has 0 aliphatic heterocycles. The molecule has 0 aliphatic carbocycles. The molecule has 3 aromatic heterocycles. The largest absolute Gasteiger partial charge is 0.497 e. The summed E-state index contributed by atoms with van der Waals surface area (Å²) in [5, 5.41) is 10.8. The van der Waals surface area contributed by atoms with Gasteiger partial charge in [-0.1, -0.05) is 12.1 Å². The first-order valence-corrected chi connectivity index (χ1v) is 9.07. The zero-order valence-electron chi connectivity index (χ0n) is 16.3. The predicted molar refractivity (Wildman–Crippen MR) is 114 cm³/mol. The summed E-state index contributed by atoms with van der Waals surface area (Å²) >= 11 is 0. The van der Waals surface area contributed by atoms with Crippen LogP contribution in [0.4, 0.5) is 0 Å². The van der Waals surface area contributed by atoms with Crippen molar-refractivity contribution in [2.45, 2.75) is 20.0 Å². The summed E-state index contributed by atoms with van der Waals surface area (Å²) in [6.45, 7) is 3.39. The predicted octanol–water partition coefficient (Wildman–Crippen LogP) is 3.69. The van der Waals surface area contributed by atoms with Gasteiger partial charge in [-0.3, -0.25) is 9.67 Å². The topological polar surface area (TPSA) is 80.6 Å². The van der Waals surface area contributed by atoms with Gasteiger partial charge in [-0.15, -0.1) is 12.4 Å². The molecule has 0 aliphatic rings. The summed E-state index contributed by atoms with van der Waals surface area (Å²) in [5.41, 5.74) is 4.31. The number of hydrogen-bond donors (Lipinski definition) is 2. The number of H-pyrrole nitrogens is 1. The van der Waals surface area contributed by atoms with Crippen molar-refractivity contribution < 1.29 is 4.74 Å². The second kappa shape index (κ2) is 9.36. The lowest BCUT2D eigenvalue weighted by Gasteiger charge is -2.09. The fourth-order valence-electron chi connectivity index (χ4n) is 3.14. The zero-order chi connectivity index (χ0) is 19.3. The number of rotatable bonds is 7. The van der Waals surface area contributed by atoms with E-state index in [1.807, 2.05) is 60.4 Å². The van der Waals surface area contributed by atoms with Crippen molar-refractivity contribution in [3.8, 4) is 22.8 Å². The van der Waals surface area contributed by atoms with E-state index in [0.29, 0.717) is 6.54 Å². The van der Waals surface area contributed by atoms with Gasteiger partial charge in [0.05, 0.1) is 19.0 Å². The summed E-state index contributed by atoms with van der Waals surface area (Å²) in [5.74, 6) is 2.61. The average molecular weight is 411 g/mol. The highest BCUT2D eigenvalue weighted by molar-refractivity contribution is 5.85. The van der Waals surface area contributed by atoms with E-state index >= 15 is 0 Å². The van der Waals surface area contributed by atoms with E-state index in [4.69, 9.17) is 4.74 Å². The van der Waals surface area contributed by atoms with Gasteiger partial charge in [-0.25, -0.2) is 9.97 Å². The van der Waals surface area contributed by atoms with Crippen LogP contribution in [0.2, 0.25) is 0 Å². The molecule has 0 spiro atoms. The molecule has 0 saturated carbocycles. The smallest absolute Gasteiger partial charge is 0.138 e. The molecule has 0 atom stereocenters. The van der Waals surface area contributed by atoms with Crippen LogP contribution in [-0.4, -0.2) is 31.8 Å². The molecule has 0 radical (unpaired) electrons. The van der Waals surface area contributed by atoms with Gasteiger partial charge in [-0.2, -0.15) is 5.10 Å². The fraction of sp³-hybridized carbons (Fsp3) is 0.190. The maximum atomic E-state index is 5.32. The number of nitrogens with zero attached hydrogens (tertiary/aromatic N) is 4. The minimum atomic E-state index is 0. The fourth-order valence-corrected chi connectivity index (χ4v) is 3.14. The lowest BCUT2D eigenvalue weighted by molar-refractivity contribution is 0.415. The summed E-state index contributed by atoms with van der Waals surface area (Å²) in [6, 6.07) is 12.0. The first-order chi connectivity index (χ1) is 13.7. The number of aryl methyl sites for hydroxylation is 1. The van der Waals surface area contributed by atoms with Crippen LogP contribution in [0.1, 0.15) is 17.0 Å². The number of ether oxygens (including phenoxy) is 1. The summed E-state index contributed by atoms with van der Waals surface area (Å²) < 4.78 is 7.29. The van der Waals surface area contributed by atoms with Gasteiger partial charge in [0.15, 0.2) is 0 Å². The molecular weight excluding hydrogens is 388 g/mol. The Labute approximate surface area is 175 Å². The second-order valence-corrected chi connectivity index (χ2v) is 6.47. The monoisotopic (exact) mass is 410 g/mol. The Morgan fingerprint density at radius 1 is 1.10 bits per heavy atom. The van der Waals surface area contributed by atoms with Crippen molar-refractivity contribution >= 4 is 12.4 Å². The quantitative estimate of drug-likeness (QED) is 0.485. The molecule has 0 unspecified atom stereocenters. The van der Waals surface area contributed by atoms with E-state index in [2.05, 4.69) is 31.5 Å². The van der Waals surface area contributed by atoms with Crippen molar-refractivity contribution in [1.82, 2.24) is 30.0 Å². The van der Waals surface area contributed by atoms with Gasteiger partial charge in [0.2, 0.25) is 0 Å². The van der Waals surface area contributed by atoms with Crippen LogP contribution in [0.5, 0.6) is 5.75 Å². The number of aromatic nitrogens is 5. The molecule has 0 fully saturated rings. The zero-order valence-corrected chi connectivity index (χ0v) is 17.1. The highest BCUT2D eigenvalue weighted by Gasteiger charge is 2.09. The van der Waals surface area contributed by atoms with Crippen molar-refractivity contribution in [1.29, 1.82) is 0 Å². The highest BCUT2D eigenvalue weighted by atomic mass is 35.5. The van der Waals surface area contributed by atoms with Crippen LogP contribution in [-0.2, 0) is 13.1 Å².